The van der Waals surface area contributed by atoms with E-state index in [0.717, 1.165) is 6.42 Å². The highest BCUT2D eigenvalue weighted by Gasteiger charge is 2.37. The normalized spacial score (nSPS) is 23.8. The van der Waals surface area contributed by atoms with Gasteiger partial charge in [0, 0.05) is 6.04 Å². The second-order valence-electron chi connectivity index (χ2n) is 8.16. The van der Waals surface area contributed by atoms with Crippen molar-refractivity contribution < 1.29 is 27.9 Å². The molecule has 1 unspecified atom stereocenters. The molecule has 3 N–H and O–H groups in total. The standard InChI is InChI=1S/C19H36N2O6S2/c1-12(2)27-15-6-7-16(14(10-15)11-29(25,26)13(3)4)20-18(22)17(8-9-28-5)21-19(23)24/h12-17,21H,6-11H2,1-5H3,(H,20,22)(H,23,24)/t14-,15?,16+,17+/m1/s1. The van der Waals surface area contributed by atoms with Crippen LogP contribution in [0.2, 0.25) is 0 Å². The van der Waals surface area contributed by atoms with Gasteiger partial charge in [-0.2, -0.15) is 11.8 Å². The number of carbonyl (C=O) groups excluding carboxylic acids is 1. The zero-order valence-corrected chi connectivity index (χ0v) is 19.6. The molecule has 1 aliphatic rings. The highest BCUT2D eigenvalue weighted by atomic mass is 32.2. The van der Waals surface area contributed by atoms with Crippen molar-refractivity contribution >= 4 is 33.6 Å². The molecule has 1 fully saturated rings. The van der Waals surface area contributed by atoms with Gasteiger partial charge in [0.1, 0.15) is 6.04 Å². The van der Waals surface area contributed by atoms with Crippen molar-refractivity contribution in [2.75, 3.05) is 17.8 Å². The van der Waals surface area contributed by atoms with E-state index in [1.807, 2.05) is 20.1 Å². The third kappa shape index (κ3) is 9.13. The first-order valence-corrected chi connectivity index (χ1v) is 13.2. The van der Waals surface area contributed by atoms with Crippen LogP contribution in [-0.4, -0.2) is 72.8 Å². The summed E-state index contributed by atoms with van der Waals surface area (Å²) in [5.74, 6) is -0.0510. The lowest BCUT2D eigenvalue weighted by molar-refractivity contribution is -0.125. The van der Waals surface area contributed by atoms with Crippen LogP contribution >= 0.6 is 11.8 Å². The topological polar surface area (TPSA) is 122 Å². The summed E-state index contributed by atoms with van der Waals surface area (Å²) in [4.78, 5) is 23.8. The summed E-state index contributed by atoms with van der Waals surface area (Å²) in [5.41, 5.74) is 0. The fourth-order valence-corrected chi connectivity index (χ4v) is 5.35. The van der Waals surface area contributed by atoms with E-state index in [4.69, 9.17) is 9.84 Å². The van der Waals surface area contributed by atoms with Gasteiger partial charge in [-0.25, -0.2) is 13.2 Å². The van der Waals surface area contributed by atoms with E-state index < -0.39 is 33.1 Å². The average Bonchev–Trinajstić information content (AvgIpc) is 2.59. The fourth-order valence-electron chi connectivity index (χ4n) is 3.53. The third-order valence-electron chi connectivity index (χ3n) is 5.12. The van der Waals surface area contributed by atoms with Crippen LogP contribution < -0.4 is 10.6 Å². The van der Waals surface area contributed by atoms with Gasteiger partial charge in [-0.1, -0.05) is 0 Å². The second kappa shape index (κ2) is 12.0. The van der Waals surface area contributed by atoms with E-state index in [1.165, 1.54) is 11.8 Å². The molecule has 0 bridgehead atoms. The summed E-state index contributed by atoms with van der Waals surface area (Å²) in [6, 6.07) is -1.18. The van der Waals surface area contributed by atoms with Crippen LogP contribution in [0, 0.1) is 5.92 Å². The average molecular weight is 453 g/mol. The predicted octanol–water partition coefficient (Wildman–Crippen LogP) is 2.28. The Bertz CT molecular complexity index is 639. The SMILES string of the molecule is CSCC[C@H](NC(=O)O)C(=O)N[C@H]1CCC(OC(C)C)C[C@@H]1CS(=O)(=O)C(C)C. The maximum absolute atomic E-state index is 12.7. The first-order valence-electron chi connectivity index (χ1n) is 10.1. The smallest absolute Gasteiger partial charge is 0.405 e. The number of sulfone groups is 1. The monoisotopic (exact) mass is 452 g/mol. The van der Waals surface area contributed by atoms with Gasteiger partial charge in [0.15, 0.2) is 9.84 Å². The Balaban J connectivity index is 2.92. The third-order valence-corrected chi connectivity index (χ3v) is 8.09. The molecular weight excluding hydrogens is 416 g/mol. The van der Waals surface area contributed by atoms with Crippen LogP contribution in [0.4, 0.5) is 4.79 Å². The van der Waals surface area contributed by atoms with Gasteiger partial charge < -0.3 is 20.5 Å². The summed E-state index contributed by atoms with van der Waals surface area (Å²) in [5, 5.41) is 13.7. The molecule has 0 heterocycles. The lowest BCUT2D eigenvalue weighted by Crippen LogP contribution is -2.54. The Morgan fingerprint density at radius 3 is 2.38 bits per heavy atom. The minimum atomic E-state index is -3.29. The van der Waals surface area contributed by atoms with E-state index >= 15 is 0 Å². The maximum Gasteiger partial charge on any atom is 0.405 e. The molecule has 1 saturated carbocycles. The van der Waals surface area contributed by atoms with Crippen molar-refractivity contribution in [3.05, 3.63) is 0 Å². The molecule has 0 saturated heterocycles. The minimum Gasteiger partial charge on any atom is -0.465 e. The van der Waals surface area contributed by atoms with Gasteiger partial charge in [0.2, 0.25) is 5.91 Å². The molecule has 0 aromatic rings. The number of hydrogen-bond donors (Lipinski definition) is 3. The molecule has 1 aliphatic carbocycles. The zero-order valence-electron chi connectivity index (χ0n) is 18.0. The van der Waals surface area contributed by atoms with Crippen molar-refractivity contribution in [2.24, 2.45) is 5.92 Å². The van der Waals surface area contributed by atoms with E-state index in [-0.39, 0.29) is 29.9 Å². The molecule has 10 heteroatoms. The van der Waals surface area contributed by atoms with Crippen LogP contribution in [0.1, 0.15) is 53.4 Å². The number of ether oxygens (including phenoxy) is 1. The Morgan fingerprint density at radius 2 is 1.86 bits per heavy atom. The van der Waals surface area contributed by atoms with Gasteiger partial charge in [0.05, 0.1) is 23.2 Å². The molecule has 1 rings (SSSR count). The first kappa shape index (κ1) is 26.0. The van der Waals surface area contributed by atoms with Gasteiger partial charge in [-0.05, 0) is 71.3 Å². The van der Waals surface area contributed by atoms with Crippen LogP contribution in [0.3, 0.4) is 0 Å². The van der Waals surface area contributed by atoms with Crippen LogP contribution in [0.25, 0.3) is 0 Å². The highest BCUT2D eigenvalue weighted by molar-refractivity contribution is 7.98. The van der Waals surface area contributed by atoms with Crippen LogP contribution in [0.5, 0.6) is 0 Å². The molecule has 0 aromatic heterocycles. The first-order chi connectivity index (χ1) is 13.5. The van der Waals surface area contributed by atoms with E-state index in [2.05, 4.69) is 10.6 Å². The Labute approximate surface area is 178 Å². The molecule has 4 atom stereocenters. The van der Waals surface area contributed by atoms with Gasteiger partial charge in [-0.3, -0.25) is 4.79 Å². The molecule has 2 amide bonds. The minimum absolute atomic E-state index is 0.0184. The van der Waals surface area contributed by atoms with E-state index in [9.17, 15) is 18.0 Å². The summed E-state index contributed by atoms with van der Waals surface area (Å²) >= 11 is 1.53. The molecule has 0 aliphatic heterocycles. The zero-order chi connectivity index (χ0) is 22.2. The number of carbonyl (C=O) groups is 2. The number of rotatable bonds is 11. The Kier molecular flexibility index (Phi) is 10.8. The molecule has 0 radical (unpaired) electrons. The lowest BCUT2D eigenvalue weighted by Gasteiger charge is -2.38. The Hall–Kier alpha value is -1.00. The molecule has 29 heavy (non-hydrogen) atoms. The number of nitrogens with one attached hydrogen (secondary N) is 2. The van der Waals surface area contributed by atoms with Gasteiger partial charge in [0.25, 0.3) is 0 Å². The summed E-state index contributed by atoms with van der Waals surface area (Å²) in [6.45, 7) is 7.20. The largest absolute Gasteiger partial charge is 0.465 e. The second-order valence-corrected chi connectivity index (χ2v) is 11.7. The predicted molar refractivity (Wildman–Crippen MR) is 116 cm³/mol. The van der Waals surface area contributed by atoms with Gasteiger partial charge in [-0.15, -0.1) is 0 Å². The molecule has 0 aromatic carbocycles. The van der Waals surface area contributed by atoms with Crippen molar-refractivity contribution in [2.45, 2.75) is 82.9 Å². The molecule has 170 valence electrons. The molecule has 8 nitrogen and oxygen atoms in total. The number of amides is 2. The molecule has 0 spiro atoms. The molecular formula is C19H36N2O6S2. The quantitative estimate of drug-likeness (QED) is 0.439. The lowest BCUT2D eigenvalue weighted by atomic mass is 9.83. The Morgan fingerprint density at radius 1 is 1.21 bits per heavy atom. The van der Waals surface area contributed by atoms with Crippen LogP contribution in [0.15, 0.2) is 0 Å². The van der Waals surface area contributed by atoms with Crippen LogP contribution in [-0.2, 0) is 19.4 Å². The maximum atomic E-state index is 12.7. The van der Waals surface area contributed by atoms with Crippen molar-refractivity contribution in [1.82, 2.24) is 10.6 Å². The number of carboxylic acid groups (broad SMARTS) is 1. The fraction of sp³-hybridized carbons (Fsp3) is 0.895. The van der Waals surface area contributed by atoms with Gasteiger partial charge >= 0.3 is 6.09 Å². The summed E-state index contributed by atoms with van der Waals surface area (Å²) in [6.07, 6.45) is 2.89. The van der Waals surface area contributed by atoms with E-state index in [1.54, 1.807) is 13.8 Å². The highest BCUT2D eigenvalue weighted by Crippen LogP contribution is 2.30. The summed E-state index contributed by atoms with van der Waals surface area (Å²) in [7, 11) is -3.29. The number of hydrogen-bond acceptors (Lipinski definition) is 6. The number of thioether (sulfide) groups is 1. The van der Waals surface area contributed by atoms with Crippen molar-refractivity contribution in [3.8, 4) is 0 Å². The van der Waals surface area contributed by atoms with Crippen molar-refractivity contribution in [3.63, 3.8) is 0 Å². The summed E-state index contributed by atoms with van der Waals surface area (Å²) < 4.78 is 31.0. The van der Waals surface area contributed by atoms with E-state index in [0.29, 0.717) is 25.0 Å². The van der Waals surface area contributed by atoms with Crippen molar-refractivity contribution in [1.29, 1.82) is 0 Å².